The van der Waals surface area contributed by atoms with Crippen LogP contribution in [0.3, 0.4) is 0 Å². The Morgan fingerprint density at radius 1 is 0.661 bits per heavy atom. The van der Waals surface area contributed by atoms with E-state index in [-0.39, 0.29) is 19.1 Å². The van der Waals surface area contributed by atoms with Gasteiger partial charge in [0, 0.05) is 38.0 Å². The van der Waals surface area contributed by atoms with Crippen molar-refractivity contribution in [2.24, 2.45) is 10.8 Å². The average Bonchev–Trinajstić information content (AvgIpc) is 3.20. The summed E-state index contributed by atoms with van der Waals surface area (Å²) in [6.45, 7) is 13.6. The highest BCUT2D eigenvalue weighted by molar-refractivity contribution is 5.87. The monoisotopic (exact) mass is 820 g/mol. The lowest BCUT2D eigenvalue weighted by Crippen LogP contribution is -2.58. The maximum Gasteiger partial charge on any atom is 0.407 e. The molecule has 0 fully saturated rings. The fraction of sp³-hybridized carbons (Fsp3) is 0.523. The van der Waals surface area contributed by atoms with Gasteiger partial charge in [-0.2, -0.15) is 0 Å². The Bertz CT molecular complexity index is 1700. The van der Waals surface area contributed by atoms with Crippen molar-refractivity contribution in [2.45, 2.75) is 79.1 Å². The molecule has 3 rings (SSSR count). The molecule has 0 radical (unpaired) electrons. The molecule has 4 N–H and O–H groups in total. The number of hydrogen-bond donors (Lipinski definition) is 4. The fourth-order valence-corrected chi connectivity index (χ4v) is 5.99. The number of hydrazine groups is 1. The number of ether oxygens (including phenoxy) is 5. The van der Waals surface area contributed by atoms with Gasteiger partial charge in [0.05, 0.1) is 45.8 Å². The molecule has 0 saturated heterocycles. The van der Waals surface area contributed by atoms with Crippen molar-refractivity contribution in [3.05, 3.63) is 90.1 Å². The molecule has 15 nitrogen and oxygen atoms in total. The summed E-state index contributed by atoms with van der Waals surface area (Å²) in [5.41, 5.74) is 5.41. The Balaban J connectivity index is 1.79. The van der Waals surface area contributed by atoms with Crippen molar-refractivity contribution in [1.29, 1.82) is 0 Å². The van der Waals surface area contributed by atoms with Gasteiger partial charge in [-0.25, -0.2) is 14.6 Å². The molecule has 3 aromatic rings. The summed E-state index contributed by atoms with van der Waals surface area (Å²) in [5, 5.41) is 10.4. The number of methoxy groups -OCH3 is 2. The van der Waals surface area contributed by atoms with Crippen LogP contribution < -0.4 is 21.4 Å². The third kappa shape index (κ3) is 18.2. The van der Waals surface area contributed by atoms with Crippen LogP contribution in [0.15, 0.2) is 79.0 Å². The summed E-state index contributed by atoms with van der Waals surface area (Å²) in [5.74, 6) is -0.802. The molecule has 0 bridgehead atoms. The van der Waals surface area contributed by atoms with Crippen molar-refractivity contribution in [3.63, 3.8) is 0 Å². The van der Waals surface area contributed by atoms with Crippen molar-refractivity contribution in [3.8, 4) is 11.3 Å². The molecule has 0 aliphatic rings. The minimum atomic E-state index is -0.936. The standard InChI is InChI=1S/C44H64N6O9/c1-43(2,3)37(48-42(54)59-29-28-58-27-26-57-25-24-55-7)39(51)46-35(30-32-14-10-9-11-15-32)21-23-50(49-40(52)38(44(4,5)6)47-41(53)56-8)31-33-17-19-34(20-18-33)36-16-12-13-22-45-36/h9-20,22,35,37-38H,21,23-31H2,1-8H3,(H,46,51)(H,47,53)(H,48,54)(H,49,52)/t35-,37+,38+/m1/s1. The summed E-state index contributed by atoms with van der Waals surface area (Å²) < 4.78 is 25.9. The molecule has 4 amide bonds. The molecule has 0 aliphatic carbocycles. The van der Waals surface area contributed by atoms with E-state index in [2.05, 4.69) is 26.4 Å². The summed E-state index contributed by atoms with van der Waals surface area (Å²) >= 11 is 0. The van der Waals surface area contributed by atoms with Gasteiger partial charge in [-0.05, 0) is 46.9 Å². The average molecular weight is 821 g/mol. The van der Waals surface area contributed by atoms with Crippen LogP contribution in [0.5, 0.6) is 0 Å². The number of carbonyl (C=O) groups is 4. The first-order valence-electron chi connectivity index (χ1n) is 19.9. The van der Waals surface area contributed by atoms with E-state index in [0.717, 1.165) is 22.4 Å². The molecular weight excluding hydrogens is 757 g/mol. The van der Waals surface area contributed by atoms with E-state index in [1.165, 1.54) is 7.11 Å². The SMILES string of the molecule is COCCOCCOCCOC(=O)N[C@@H](C(=O)N[C@H](CCN(Cc1ccc(-c2ccccn2)cc1)NC(=O)[C@H](NC(=O)OC)C(C)(C)C)Cc1ccccc1)C(C)(C)C. The van der Waals surface area contributed by atoms with Gasteiger partial charge in [0.25, 0.3) is 5.91 Å². The molecule has 0 spiro atoms. The van der Waals surface area contributed by atoms with E-state index in [0.29, 0.717) is 52.4 Å². The fourth-order valence-electron chi connectivity index (χ4n) is 5.99. The van der Waals surface area contributed by atoms with Gasteiger partial charge in [0.2, 0.25) is 5.91 Å². The number of nitrogens with zero attached hydrogens (tertiary/aromatic N) is 2. The molecular formula is C44H64N6O9. The number of rotatable bonds is 23. The minimum absolute atomic E-state index is 0.00232. The topological polar surface area (TPSA) is 179 Å². The summed E-state index contributed by atoms with van der Waals surface area (Å²) in [7, 11) is 2.85. The predicted molar refractivity (Wildman–Crippen MR) is 225 cm³/mol. The van der Waals surface area contributed by atoms with Gasteiger partial charge >= 0.3 is 12.2 Å². The Morgan fingerprint density at radius 3 is 1.85 bits per heavy atom. The molecule has 0 aliphatic heterocycles. The van der Waals surface area contributed by atoms with Crippen molar-refractivity contribution >= 4 is 24.0 Å². The maximum absolute atomic E-state index is 14.1. The molecule has 324 valence electrons. The van der Waals surface area contributed by atoms with Crippen LogP contribution >= 0.6 is 0 Å². The van der Waals surface area contributed by atoms with Gasteiger partial charge in [-0.15, -0.1) is 0 Å². The number of aromatic nitrogens is 1. The number of benzene rings is 2. The Hall–Kier alpha value is -5.09. The first kappa shape index (κ1) is 48.3. The Labute approximate surface area is 349 Å². The molecule has 15 heteroatoms. The van der Waals surface area contributed by atoms with Crippen LogP contribution in [0.1, 0.15) is 59.1 Å². The van der Waals surface area contributed by atoms with E-state index >= 15 is 0 Å². The quantitative estimate of drug-likeness (QED) is 0.0722. The van der Waals surface area contributed by atoms with E-state index in [1.807, 2.05) is 114 Å². The van der Waals surface area contributed by atoms with Gasteiger partial charge in [0.15, 0.2) is 0 Å². The second kappa shape index (κ2) is 24.7. The van der Waals surface area contributed by atoms with Gasteiger partial charge in [-0.1, -0.05) is 102 Å². The van der Waals surface area contributed by atoms with Crippen LogP contribution in [0.2, 0.25) is 0 Å². The number of amides is 4. The van der Waals surface area contributed by atoms with Gasteiger partial charge in [-0.3, -0.25) is 20.0 Å². The molecule has 59 heavy (non-hydrogen) atoms. The van der Waals surface area contributed by atoms with Crippen LogP contribution in [-0.4, -0.2) is 113 Å². The molecule has 3 atom stereocenters. The first-order valence-corrected chi connectivity index (χ1v) is 19.9. The van der Waals surface area contributed by atoms with Crippen LogP contribution in [0.25, 0.3) is 11.3 Å². The molecule has 2 aromatic carbocycles. The van der Waals surface area contributed by atoms with Crippen molar-refractivity contribution < 1.29 is 42.9 Å². The second-order valence-electron chi connectivity index (χ2n) is 16.2. The third-order valence-electron chi connectivity index (χ3n) is 9.21. The van der Waals surface area contributed by atoms with Gasteiger partial charge < -0.3 is 39.6 Å². The minimum Gasteiger partial charge on any atom is -0.453 e. The van der Waals surface area contributed by atoms with Crippen LogP contribution in [-0.2, 0) is 46.2 Å². The molecule has 1 heterocycles. The zero-order valence-corrected chi connectivity index (χ0v) is 35.9. The van der Waals surface area contributed by atoms with Crippen molar-refractivity contribution in [1.82, 2.24) is 31.4 Å². The summed E-state index contributed by atoms with van der Waals surface area (Å²) in [6.07, 6.45) is 1.17. The maximum atomic E-state index is 14.1. The first-order chi connectivity index (χ1) is 28.1. The largest absolute Gasteiger partial charge is 0.453 e. The van der Waals surface area contributed by atoms with E-state index in [1.54, 1.807) is 18.3 Å². The van der Waals surface area contributed by atoms with Crippen LogP contribution in [0, 0.1) is 10.8 Å². The van der Waals surface area contributed by atoms with E-state index < -0.39 is 47.0 Å². The number of hydrogen-bond acceptors (Lipinski definition) is 11. The number of pyridine rings is 1. The molecule has 1 aromatic heterocycles. The summed E-state index contributed by atoms with van der Waals surface area (Å²) in [6, 6.07) is 21.1. The number of nitrogens with one attached hydrogen (secondary N) is 4. The van der Waals surface area contributed by atoms with Crippen LogP contribution in [0.4, 0.5) is 9.59 Å². The van der Waals surface area contributed by atoms with E-state index in [4.69, 9.17) is 23.7 Å². The zero-order valence-electron chi connectivity index (χ0n) is 35.9. The predicted octanol–water partition coefficient (Wildman–Crippen LogP) is 5.29. The summed E-state index contributed by atoms with van der Waals surface area (Å²) in [4.78, 5) is 57.6. The van der Waals surface area contributed by atoms with E-state index in [9.17, 15) is 19.2 Å². The number of carbonyl (C=O) groups excluding carboxylic acids is 4. The lowest BCUT2D eigenvalue weighted by Gasteiger charge is -2.34. The third-order valence-corrected chi connectivity index (χ3v) is 9.21. The normalized spacial score (nSPS) is 13.2. The highest BCUT2D eigenvalue weighted by Gasteiger charge is 2.36. The Morgan fingerprint density at radius 2 is 1.25 bits per heavy atom. The second-order valence-corrected chi connectivity index (χ2v) is 16.2. The number of alkyl carbamates (subject to hydrolysis) is 2. The lowest BCUT2D eigenvalue weighted by molar-refractivity contribution is -0.131. The highest BCUT2D eigenvalue weighted by atomic mass is 16.6. The van der Waals surface area contributed by atoms with Crippen molar-refractivity contribution in [2.75, 3.05) is 60.4 Å². The molecule has 0 unspecified atom stereocenters. The zero-order chi connectivity index (χ0) is 43.3. The van der Waals surface area contributed by atoms with Gasteiger partial charge in [0.1, 0.15) is 18.7 Å². The highest BCUT2D eigenvalue weighted by Crippen LogP contribution is 2.23. The molecule has 0 saturated carbocycles. The Kier molecular flexibility index (Phi) is 20.2. The lowest BCUT2D eigenvalue weighted by atomic mass is 9.86. The smallest absolute Gasteiger partial charge is 0.407 e.